The van der Waals surface area contributed by atoms with Gasteiger partial charge in [-0.1, -0.05) is 12.1 Å². The van der Waals surface area contributed by atoms with Gasteiger partial charge in [-0.05, 0) is 42.5 Å². The van der Waals surface area contributed by atoms with Gasteiger partial charge in [0, 0.05) is 40.5 Å². The molecule has 0 radical (unpaired) electrons. The molecule has 4 aromatic rings. The van der Waals surface area contributed by atoms with Crippen molar-refractivity contribution >= 4 is 23.2 Å². The minimum absolute atomic E-state index is 0.342. The van der Waals surface area contributed by atoms with E-state index in [1.54, 1.807) is 55.3 Å². The Morgan fingerprint density at radius 3 is 2.46 bits per heavy atom. The average Bonchev–Trinajstić information content (AvgIpc) is 3.24. The van der Waals surface area contributed by atoms with Crippen LogP contribution in [0.4, 0.5) is 21.7 Å². The van der Waals surface area contributed by atoms with E-state index in [0.717, 1.165) is 11.1 Å². The van der Waals surface area contributed by atoms with Gasteiger partial charge in [0.25, 0.3) is 5.91 Å². The van der Waals surface area contributed by atoms with Crippen molar-refractivity contribution in [3.8, 4) is 11.1 Å². The minimum atomic E-state index is -0.413. The highest BCUT2D eigenvalue weighted by molar-refractivity contribution is 6.04. The number of carbonyl (C=O) groups excluding carboxylic acids is 1. The highest BCUT2D eigenvalue weighted by Gasteiger charge is 2.08. The molecule has 0 spiro atoms. The van der Waals surface area contributed by atoms with Crippen LogP contribution in [0.3, 0.4) is 0 Å². The predicted octanol–water partition coefficient (Wildman–Crippen LogP) is 4.87. The summed E-state index contributed by atoms with van der Waals surface area (Å²) in [5.41, 5.74) is 3.19. The fraction of sp³-hybridized carbons (Fsp3) is 0. The molecule has 0 aliphatic heterocycles. The molecule has 7 heteroatoms. The Morgan fingerprint density at radius 1 is 0.929 bits per heavy atom. The lowest BCUT2D eigenvalue weighted by Gasteiger charge is -2.08. The number of rotatable bonds is 5. The van der Waals surface area contributed by atoms with Gasteiger partial charge in [0.15, 0.2) is 0 Å². The number of amides is 1. The molecule has 0 fully saturated rings. The predicted molar refractivity (Wildman–Crippen MR) is 104 cm³/mol. The summed E-state index contributed by atoms with van der Waals surface area (Å²) in [6, 6.07) is 14.4. The Labute approximate surface area is 160 Å². The number of furan rings is 1. The van der Waals surface area contributed by atoms with E-state index in [9.17, 15) is 9.18 Å². The lowest BCUT2D eigenvalue weighted by atomic mass is 10.2. The van der Waals surface area contributed by atoms with E-state index in [1.807, 2.05) is 6.07 Å². The smallest absolute Gasteiger partial charge is 0.255 e. The van der Waals surface area contributed by atoms with Gasteiger partial charge in [-0.3, -0.25) is 4.79 Å². The molecule has 2 aromatic heterocycles. The lowest BCUT2D eigenvalue weighted by molar-refractivity contribution is 0.102. The normalized spacial score (nSPS) is 10.5. The Bertz CT molecular complexity index is 1100. The number of nitrogens with one attached hydrogen (secondary N) is 2. The topological polar surface area (TPSA) is 80.0 Å². The molecule has 138 valence electrons. The van der Waals surface area contributed by atoms with E-state index in [0.29, 0.717) is 22.9 Å². The van der Waals surface area contributed by atoms with Crippen LogP contribution in [0.5, 0.6) is 0 Å². The van der Waals surface area contributed by atoms with Crippen LogP contribution in [0, 0.1) is 5.82 Å². The van der Waals surface area contributed by atoms with Crippen molar-refractivity contribution in [1.82, 2.24) is 9.97 Å². The van der Waals surface area contributed by atoms with Crippen molar-refractivity contribution in [2.75, 3.05) is 10.6 Å². The van der Waals surface area contributed by atoms with Gasteiger partial charge in [-0.2, -0.15) is 0 Å². The van der Waals surface area contributed by atoms with Crippen molar-refractivity contribution in [3.05, 3.63) is 90.9 Å². The second-order valence-electron chi connectivity index (χ2n) is 5.98. The van der Waals surface area contributed by atoms with Gasteiger partial charge < -0.3 is 15.1 Å². The van der Waals surface area contributed by atoms with Gasteiger partial charge in [0.05, 0.1) is 12.5 Å². The first-order valence-electron chi connectivity index (χ1n) is 8.46. The maximum atomic E-state index is 13.3. The Morgan fingerprint density at radius 2 is 1.71 bits per heavy atom. The van der Waals surface area contributed by atoms with Crippen molar-refractivity contribution in [1.29, 1.82) is 0 Å². The molecule has 0 aliphatic carbocycles. The molecule has 0 saturated heterocycles. The van der Waals surface area contributed by atoms with Crippen LogP contribution in [0.1, 0.15) is 10.4 Å². The monoisotopic (exact) mass is 374 g/mol. The van der Waals surface area contributed by atoms with E-state index < -0.39 is 5.82 Å². The number of aromatic nitrogens is 2. The van der Waals surface area contributed by atoms with E-state index in [4.69, 9.17) is 4.42 Å². The summed E-state index contributed by atoms with van der Waals surface area (Å²) in [5, 5.41) is 5.73. The summed E-state index contributed by atoms with van der Waals surface area (Å²) < 4.78 is 18.3. The van der Waals surface area contributed by atoms with E-state index in [2.05, 4.69) is 20.6 Å². The molecule has 0 atom stereocenters. The number of carbonyl (C=O) groups is 1. The molecule has 6 nitrogen and oxygen atoms in total. The molecule has 1 amide bonds. The highest BCUT2D eigenvalue weighted by atomic mass is 19.1. The van der Waals surface area contributed by atoms with Crippen LogP contribution in [-0.4, -0.2) is 15.9 Å². The molecule has 0 saturated carbocycles. The minimum Gasteiger partial charge on any atom is -0.472 e. The summed E-state index contributed by atoms with van der Waals surface area (Å²) in [7, 11) is 0. The number of anilines is 3. The van der Waals surface area contributed by atoms with Crippen LogP contribution >= 0.6 is 0 Å². The Balaban J connectivity index is 1.47. The number of benzene rings is 2. The van der Waals surface area contributed by atoms with E-state index in [-0.39, 0.29) is 5.91 Å². The van der Waals surface area contributed by atoms with Crippen molar-refractivity contribution in [2.45, 2.75) is 0 Å². The number of halogens is 1. The molecular weight excluding hydrogens is 359 g/mol. The summed E-state index contributed by atoms with van der Waals surface area (Å²) in [6.07, 6.45) is 6.57. The zero-order valence-electron chi connectivity index (χ0n) is 14.6. The molecule has 2 heterocycles. The van der Waals surface area contributed by atoms with Gasteiger partial charge in [-0.25, -0.2) is 14.4 Å². The van der Waals surface area contributed by atoms with Gasteiger partial charge in [0.1, 0.15) is 5.82 Å². The zero-order chi connectivity index (χ0) is 19.3. The molecule has 28 heavy (non-hydrogen) atoms. The first-order valence-corrected chi connectivity index (χ1v) is 8.46. The maximum absolute atomic E-state index is 13.3. The molecule has 0 unspecified atom stereocenters. The van der Waals surface area contributed by atoms with Crippen molar-refractivity contribution in [3.63, 3.8) is 0 Å². The van der Waals surface area contributed by atoms with E-state index in [1.165, 1.54) is 18.2 Å². The largest absolute Gasteiger partial charge is 0.472 e. The van der Waals surface area contributed by atoms with Gasteiger partial charge in [-0.15, -0.1) is 0 Å². The molecule has 0 aliphatic rings. The Hall–Kier alpha value is -4.00. The number of hydrogen-bond acceptors (Lipinski definition) is 5. The third-order valence-electron chi connectivity index (χ3n) is 3.97. The van der Waals surface area contributed by atoms with Crippen molar-refractivity contribution < 1.29 is 13.6 Å². The molecule has 2 N–H and O–H groups in total. The highest BCUT2D eigenvalue weighted by Crippen LogP contribution is 2.20. The van der Waals surface area contributed by atoms with Crippen LogP contribution < -0.4 is 10.6 Å². The van der Waals surface area contributed by atoms with Crippen LogP contribution in [-0.2, 0) is 0 Å². The third kappa shape index (κ3) is 4.04. The number of nitrogens with zero attached hydrogens (tertiary/aromatic N) is 2. The first-order chi connectivity index (χ1) is 13.7. The molecule has 0 bridgehead atoms. The molecule has 2 aromatic carbocycles. The van der Waals surface area contributed by atoms with Crippen LogP contribution in [0.2, 0.25) is 0 Å². The lowest BCUT2D eigenvalue weighted by Crippen LogP contribution is -2.12. The fourth-order valence-electron chi connectivity index (χ4n) is 2.61. The second-order valence-corrected chi connectivity index (χ2v) is 5.98. The third-order valence-corrected chi connectivity index (χ3v) is 3.97. The van der Waals surface area contributed by atoms with Gasteiger partial charge >= 0.3 is 0 Å². The average molecular weight is 374 g/mol. The van der Waals surface area contributed by atoms with Gasteiger partial charge in [0.2, 0.25) is 5.95 Å². The first kappa shape index (κ1) is 17.4. The summed E-state index contributed by atoms with van der Waals surface area (Å²) in [4.78, 5) is 21.0. The molecular formula is C21H15FN4O2. The van der Waals surface area contributed by atoms with E-state index >= 15 is 0 Å². The SMILES string of the molecule is O=C(Nc1cccc(F)c1)c1cccc(Nc2ncc(-c3ccoc3)cn2)c1. The standard InChI is InChI=1S/C21H15FN4O2/c22-17-4-2-6-19(10-17)25-20(27)14-3-1-5-18(9-14)26-21-23-11-16(12-24-21)15-7-8-28-13-15/h1-13H,(H,25,27)(H,23,24,26). The summed E-state index contributed by atoms with van der Waals surface area (Å²) >= 11 is 0. The quantitative estimate of drug-likeness (QED) is 0.521. The summed E-state index contributed by atoms with van der Waals surface area (Å²) in [6.45, 7) is 0. The maximum Gasteiger partial charge on any atom is 0.255 e. The Kier molecular flexibility index (Phi) is 4.79. The van der Waals surface area contributed by atoms with Crippen LogP contribution in [0.25, 0.3) is 11.1 Å². The zero-order valence-corrected chi connectivity index (χ0v) is 14.6. The van der Waals surface area contributed by atoms with Crippen LogP contribution in [0.15, 0.2) is 83.9 Å². The number of hydrogen-bond donors (Lipinski definition) is 2. The fourth-order valence-corrected chi connectivity index (χ4v) is 2.61. The second kappa shape index (κ2) is 7.71. The van der Waals surface area contributed by atoms with Crippen molar-refractivity contribution in [2.24, 2.45) is 0 Å². The molecule has 4 rings (SSSR count). The summed E-state index contributed by atoms with van der Waals surface area (Å²) in [5.74, 6) is -0.357.